The van der Waals surface area contributed by atoms with Gasteiger partial charge in [0.1, 0.15) is 11.2 Å². The fourth-order valence-electron chi connectivity index (χ4n) is 2.56. The molecule has 1 aromatic heterocycles. The number of pyridine rings is 1. The van der Waals surface area contributed by atoms with Crippen molar-refractivity contribution in [3.63, 3.8) is 0 Å². The summed E-state index contributed by atoms with van der Waals surface area (Å²) < 4.78 is 9.93. The predicted molar refractivity (Wildman–Crippen MR) is 92.3 cm³/mol. The van der Waals surface area contributed by atoms with Crippen LogP contribution in [-0.4, -0.2) is 65.8 Å². The average molecular weight is 366 g/mol. The lowest BCUT2D eigenvalue weighted by molar-refractivity contribution is -0.384. The van der Waals surface area contributed by atoms with Gasteiger partial charge in [-0.1, -0.05) is 0 Å². The summed E-state index contributed by atoms with van der Waals surface area (Å²) in [7, 11) is 1.16. The number of amides is 1. The van der Waals surface area contributed by atoms with Gasteiger partial charge in [-0.05, 0) is 26.8 Å². The first-order chi connectivity index (χ1) is 12.1. The molecule has 1 amide bonds. The lowest BCUT2D eigenvalue weighted by Crippen LogP contribution is -2.50. The number of nitrogens with zero attached hydrogens (tertiary/aromatic N) is 4. The Morgan fingerprint density at radius 2 is 1.85 bits per heavy atom. The summed E-state index contributed by atoms with van der Waals surface area (Å²) in [6.45, 7) is 6.67. The first-order valence-electron chi connectivity index (χ1n) is 8.08. The highest BCUT2D eigenvalue weighted by atomic mass is 16.6. The Hall–Kier alpha value is -2.91. The van der Waals surface area contributed by atoms with Crippen LogP contribution in [-0.2, 0) is 9.47 Å². The molecular formula is C16H22N4O6. The maximum Gasteiger partial charge on any atom is 0.410 e. The van der Waals surface area contributed by atoms with Gasteiger partial charge in [0.2, 0.25) is 5.82 Å². The number of esters is 1. The fraction of sp³-hybridized carbons (Fsp3) is 0.562. The van der Waals surface area contributed by atoms with Crippen LogP contribution in [0.4, 0.5) is 16.3 Å². The Labute approximate surface area is 150 Å². The molecule has 1 aromatic rings. The number of anilines is 1. The lowest BCUT2D eigenvalue weighted by atomic mass is 10.2. The van der Waals surface area contributed by atoms with E-state index in [1.54, 1.807) is 25.7 Å². The van der Waals surface area contributed by atoms with Gasteiger partial charge in [-0.2, -0.15) is 0 Å². The van der Waals surface area contributed by atoms with E-state index in [9.17, 15) is 19.7 Å². The van der Waals surface area contributed by atoms with Crippen molar-refractivity contribution in [2.75, 3.05) is 38.2 Å². The molecule has 2 rings (SSSR count). The van der Waals surface area contributed by atoms with E-state index in [4.69, 9.17) is 4.74 Å². The number of rotatable bonds is 3. The fourth-order valence-corrected chi connectivity index (χ4v) is 2.56. The molecule has 0 radical (unpaired) electrons. The normalized spacial score (nSPS) is 14.8. The largest absolute Gasteiger partial charge is 0.465 e. The standard InChI is InChI=1S/C16H22N4O6/c1-16(2,3)26-15(22)19-9-7-18(8-10-19)13-12(20(23)24)11(5-6-17-13)14(21)25-4/h5-6H,7-10H2,1-4H3. The van der Waals surface area contributed by atoms with Crippen molar-refractivity contribution in [1.29, 1.82) is 0 Å². The summed E-state index contributed by atoms with van der Waals surface area (Å²) in [5.41, 5.74) is -1.15. The second-order valence-electron chi connectivity index (χ2n) is 6.73. The van der Waals surface area contributed by atoms with Crippen LogP contribution in [0.5, 0.6) is 0 Å². The van der Waals surface area contributed by atoms with Crippen molar-refractivity contribution in [2.45, 2.75) is 26.4 Å². The van der Waals surface area contributed by atoms with Gasteiger partial charge in [-0.15, -0.1) is 0 Å². The van der Waals surface area contributed by atoms with E-state index < -0.39 is 28.3 Å². The number of methoxy groups -OCH3 is 1. The third-order valence-electron chi connectivity index (χ3n) is 3.72. The smallest absolute Gasteiger partial charge is 0.410 e. The predicted octanol–water partition coefficient (Wildman–Crippen LogP) is 1.83. The van der Waals surface area contributed by atoms with Gasteiger partial charge < -0.3 is 19.3 Å². The van der Waals surface area contributed by atoms with Crippen LogP contribution in [0.2, 0.25) is 0 Å². The molecule has 1 fully saturated rings. The van der Waals surface area contributed by atoms with E-state index in [1.165, 1.54) is 17.2 Å². The van der Waals surface area contributed by atoms with Crippen LogP contribution in [0.15, 0.2) is 12.3 Å². The molecule has 1 aliphatic rings. The minimum absolute atomic E-state index is 0.0849. The van der Waals surface area contributed by atoms with Crippen LogP contribution in [0.1, 0.15) is 31.1 Å². The Morgan fingerprint density at radius 3 is 2.35 bits per heavy atom. The average Bonchev–Trinajstić information content (AvgIpc) is 2.59. The quantitative estimate of drug-likeness (QED) is 0.452. The highest BCUT2D eigenvalue weighted by Gasteiger charge is 2.32. The SMILES string of the molecule is COC(=O)c1ccnc(N2CCN(C(=O)OC(C)(C)C)CC2)c1[N+](=O)[O-]. The summed E-state index contributed by atoms with van der Waals surface area (Å²) in [6, 6.07) is 1.25. The Balaban J connectivity index is 2.18. The number of carbonyl (C=O) groups excluding carboxylic acids is 2. The molecule has 0 aromatic carbocycles. The molecule has 142 valence electrons. The van der Waals surface area contributed by atoms with Crippen molar-refractivity contribution >= 4 is 23.6 Å². The molecule has 0 N–H and O–H groups in total. The van der Waals surface area contributed by atoms with Gasteiger partial charge >= 0.3 is 17.7 Å². The van der Waals surface area contributed by atoms with Crippen molar-refractivity contribution in [1.82, 2.24) is 9.88 Å². The van der Waals surface area contributed by atoms with E-state index in [0.29, 0.717) is 26.2 Å². The minimum Gasteiger partial charge on any atom is -0.465 e. The molecule has 0 aliphatic carbocycles. The highest BCUT2D eigenvalue weighted by Crippen LogP contribution is 2.30. The maximum atomic E-state index is 12.1. The number of carbonyl (C=O) groups is 2. The lowest BCUT2D eigenvalue weighted by Gasteiger charge is -2.35. The van der Waals surface area contributed by atoms with E-state index in [-0.39, 0.29) is 11.4 Å². The van der Waals surface area contributed by atoms with Gasteiger partial charge in [-0.3, -0.25) is 10.1 Å². The molecule has 0 saturated carbocycles. The number of hydrogen-bond donors (Lipinski definition) is 0. The molecule has 2 heterocycles. The molecule has 0 bridgehead atoms. The van der Waals surface area contributed by atoms with Crippen LogP contribution in [0, 0.1) is 10.1 Å². The summed E-state index contributed by atoms with van der Waals surface area (Å²) in [5.74, 6) is -0.713. The topological polar surface area (TPSA) is 115 Å². The van der Waals surface area contributed by atoms with Crippen molar-refractivity contribution in [3.05, 3.63) is 27.9 Å². The van der Waals surface area contributed by atoms with E-state index in [2.05, 4.69) is 9.72 Å². The monoisotopic (exact) mass is 366 g/mol. The van der Waals surface area contributed by atoms with Gasteiger partial charge in [0, 0.05) is 32.4 Å². The third-order valence-corrected chi connectivity index (χ3v) is 3.72. The first kappa shape index (κ1) is 19.4. The third kappa shape index (κ3) is 4.38. The molecule has 0 unspecified atom stereocenters. The van der Waals surface area contributed by atoms with Crippen molar-refractivity contribution < 1.29 is 24.0 Å². The summed E-state index contributed by atoms with van der Waals surface area (Å²) in [4.78, 5) is 42.0. The molecular weight excluding hydrogens is 344 g/mol. The summed E-state index contributed by atoms with van der Waals surface area (Å²) in [5, 5.41) is 11.5. The maximum absolute atomic E-state index is 12.1. The second kappa shape index (κ2) is 7.54. The van der Waals surface area contributed by atoms with Gasteiger partial charge in [0.05, 0.1) is 12.0 Å². The Kier molecular flexibility index (Phi) is 5.63. The molecule has 10 heteroatoms. The second-order valence-corrected chi connectivity index (χ2v) is 6.73. The van der Waals surface area contributed by atoms with E-state index >= 15 is 0 Å². The zero-order valence-corrected chi connectivity index (χ0v) is 15.2. The number of aromatic nitrogens is 1. The van der Waals surface area contributed by atoms with E-state index in [1.807, 2.05) is 0 Å². The van der Waals surface area contributed by atoms with E-state index in [0.717, 1.165) is 7.11 Å². The van der Waals surface area contributed by atoms with Crippen LogP contribution >= 0.6 is 0 Å². The van der Waals surface area contributed by atoms with Crippen LogP contribution < -0.4 is 4.90 Å². The first-order valence-corrected chi connectivity index (χ1v) is 8.08. The number of hydrogen-bond acceptors (Lipinski definition) is 8. The zero-order chi connectivity index (χ0) is 19.5. The van der Waals surface area contributed by atoms with Crippen molar-refractivity contribution in [2.24, 2.45) is 0 Å². The molecule has 1 aliphatic heterocycles. The molecule has 26 heavy (non-hydrogen) atoms. The minimum atomic E-state index is -0.798. The van der Waals surface area contributed by atoms with Gasteiger partial charge in [-0.25, -0.2) is 14.6 Å². The van der Waals surface area contributed by atoms with Crippen LogP contribution in [0.25, 0.3) is 0 Å². The summed E-state index contributed by atoms with van der Waals surface area (Å²) >= 11 is 0. The zero-order valence-electron chi connectivity index (χ0n) is 15.2. The molecule has 10 nitrogen and oxygen atoms in total. The highest BCUT2D eigenvalue weighted by molar-refractivity contribution is 5.96. The van der Waals surface area contributed by atoms with Crippen molar-refractivity contribution in [3.8, 4) is 0 Å². The molecule has 0 spiro atoms. The number of nitro groups is 1. The Morgan fingerprint density at radius 1 is 1.23 bits per heavy atom. The molecule has 1 saturated heterocycles. The number of piperazine rings is 1. The van der Waals surface area contributed by atoms with Crippen LogP contribution in [0.3, 0.4) is 0 Å². The number of ether oxygens (including phenoxy) is 2. The molecule has 0 atom stereocenters. The Bertz CT molecular complexity index is 707. The van der Waals surface area contributed by atoms with Gasteiger partial charge in [0.25, 0.3) is 0 Å². The summed E-state index contributed by atoms with van der Waals surface area (Å²) in [6.07, 6.45) is 0.900. The van der Waals surface area contributed by atoms with Gasteiger partial charge in [0.15, 0.2) is 0 Å².